The number of aliphatic imine (C=N–C) groups is 1. The van der Waals surface area contributed by atoms with Crippen LogP contribution in [0.2, 0.25) is 0 Å². The Morgan fingerprint density at radius 1 is 1.05 bits per heavy atom. The molecular formula is C30H44N6O2. The van der Waals surface area contributed by atoms with Crippen LogP contribution in [0.4, 0.5) is 5.69 Å². The zero-order valence-electron chi connectivity index (χ0n) is 23.2. The van der Waals surface area contributed by atoms with Crippen molar-refractivity contribution in [2.75, 3.05) is 79.4 Å². The first-order valence-electron chi connectivity index (χ1n) is 13.3. The maximum Gasteiger partial charge on any atom is 0.124 e. The van der Waals surface area contributed by atoms with Gasteiger partial charge in [-0.15, -0.1) is 0 Å². The van der Waals surface area contributed by atoms with Crippen LogP contribution in [0.1, 0.15) is 17.5 Å². The van der Waals surface area contributed by atoms with E-state index in [4.69, 9.17) is 20.9 Å². The number of rotatable bonds is 14. The van der Waals surface area contributed by atoms with Gasteiger partial charge in [-0.05, 0) is 63.1 Å². The van der Waals surface area contributed by atoms with Crippen molar-refractivity contribution < 1.29 is 9.47 Å². The van der Waals surface area contributed by atoms with Crippen molar-refractivity contribution in [3.05, 3.63) is 78.0 Å². The summed E-state index contributed by atoms with van der Waals surface area (Å²) in [6, 6.07) is 13.8. The molecule has 1 heterocycles. The molecule has 0 aromatic heterocycles. The highest BCUT2D eigenvalue weighted by Gasteiger charge is 2.14. The Labute approximate surface area is 228 Å². The van der Waals surface area contributed by atoms with Crippen LogP contribution in [0.3, 0.4) is 0 Å². The number of hydrogen-bond acceptors (Lipinski definition) is 8. The lowest BCUT2D eigenvalue weighted by atomic mass is 10.1. The highest BCUT2D eigenvalue weighted by Crippen LogP contribution is 2.23. The SMILES string of the molecule is CN=C(/C=C\N)c1cccc(OCC/C=C/CN(C)Cc2cc(N)ccc2OCCN2CCN(C)CC2)c1. The smallest absolute Gasteiger partial charge is 0.124 e. The van der Waals surface area contributed by atoms with Gasteiger partial charge in [-0.2, -0.15) is 0 Å². The van der Waals surface area contributed by atoms with E-state index in [0.717, 1.165) is 86.3 Å². The highest BCUT2D eigenvalue weighted by atomic mass is 16.5. The molecular weight excluding hydrogens is 476 g/mol. The maximum atomic E-state index is 6.18. The van der Waals surface area contributed by atoms with Gasteiger partial charge in [-0.3, -0.25) is 14.8 Å². The largest absolute Gasteiger partial charge is 0.493 e. The standard InChI is InChI=1S/C30H44N6O2/c1-33-29(12-13-31)25-8-7-9-28(23-25)37-20-6-4-5-14-35(3)24-26-22-27(32)10-11-30(26)38-21-19-36-17-15-34(2)16-18-36/h4-5,7-13,22-23H,6,14-21,24,31-32H2,1-3H3/b5-4+,13-12-,33-29?. The number of nitrogens with two attached hydrogens (primary N) is 2. The van der Waals surface area contributed by atoms with E-state index in [0.29, 0.717) is 13.2 Å². The van der Waals surface area contributed by atoms with Crippen molar-refractivity contribution in [1.82, 2.24) is 14.7 Å². The second-order valence-electron chi connectivity index (χ2n) is 9.66. The number of nitrogen functional groups attached to an aromatic ring is 1. The lowest BCUT2D eigenvalue weighted by molar-refractivity contribution is 0.133. The van der Waals surface area contributed by atoms with E-state index in [-0.39, 0.29) is 0 Å². The molecule has 2 aromatic rings. The summed E-state index contributed by atoms with van der Waals surface area (Å²) in [5, 5.41) is 0. The second-order valence-corrected chi connectivity index (χ2v) is 9.66. The van der Waals surface area contributed by atoms with Gasteiger partial charge in [0.25, 0.3) is 0 Å². The van der Waals surface area contributed by atoms with Crippen LogP contribution in [0.15, 0.2) is 71.9 Å². The second kappa shape index (κ2) is 15.8. The predicted molar refractivity (Wildman–Crippen MR) is 158 cm³/mol. The van der Waals surface area contributed by atoms with Crippen LogP contribution < -0.4 is 20.9 Å². The van der Waals surface area contributed by atoms with Crippen molar-refractivity contribution >= 4 is 11.4 Å². The number of piperazine rings is 1. The predicted octanol–water partition coefficient (Wildman–Crippen LogP) is 3.24. The number of likely N-dealkylation sites (N-methyl/N-ethyl adjacent to an activating group) is 2. The number of benzene rings is 2. The Morgan fingerprint density at radius 3 is 2.63 bits per heavy atom. The summed E-state index contributed by atoms with van der Waals surface area (Å²) in [5.74, 6) is 1.74. The summed E-state index contributed by atoms with van der Waals surface area (Å²) < 4.78 is 12.1. The summed E-state index contributed by atoms with van der Waals surface area (Å²) in [6.07, 6.45) is 8.44. The number of ether oxygens (including phenoxy) is 2. The number of hydrogen-bond donors (Lipinski definition) is 2. The lowest BCUT2D eigenvalue weighted by Crippen LogP contribution is -2.45. The Kier molecular flexibility index (Phi) is 12.2. The molecule has 1 saturated heterocycles. The normalized spacial score (nSPS) is 15.6. The molecule has 1 aliphatic rings. The molecule has 0 aliphatic carbocycles. The molecule has 1 fully saturated rings. The topological polar surface area (TPSA) is 92.6 Å². The van der Waals surface area contributed by atoms with Crippen molar-refractivity contribution in [2.24, 2.45) is 10.7 Å². The Balaban J connectivity index is 1.40. The van der Waals surface area contributed by atoms with Crippen LogP contribution in [0.25, 0.3) is 0 Å². The zero-order chi connectivity index (χ0) is 27.2. The van der Waals surface area contributed by atoms with Gasteiger partial charge in [-0.25, -0.2) is 0 Å². The number of anilines is 1. The Morgan fingerprint density at radius 2 is 1.87 bits per heavy atom. The molecule has 8 heteroatoms. The summed E-state index contributed by atoms with van der Waals surface area (Å²) in [7, 11) is 6.03. The molecule has 0 spiro atoms. The molecule has 0 amide bonds. The van der Waals surface area contributed by atoms with Gasteiger partial charge in [0.15, 0.2) is 0 Å². The van der Waals surface area contributed by atoms with Gasteiger partial charge in [0.1, 0.15) is 18.1 Å². The Hall–Kier alpha value is -3.33. The summed E-state index contributed by atoms with van der Waals surface area (Å²) in [4.78, 5) is 11.3. The van der Waals surface area contributed by atoms with Crippen molar-refractivity contribution in [3.63, 3.8) is 0 Å². The molecule has 4 N–H and O–H groups in total. The molecule has 3 rings (SSSR count). The average Bonchev–Trinajstić information content (AvgIpc) is 2.91. The van der Waals surface area contributed by atoms with Gasteiger partial charge >= 0.3 is 0 Å². The van der Waals surface area contributed by atoms with Crippen LogP contribution in [0, 0.1) is 0 Å². The van der Waals surface area contributed by atoms with Crippen molar-refractivity contribution in [2.45, 2.75) is 13.0 Å². The van der Waals surface area contributed by atoms with E-state index in [2.05, 4.69) is 45.9 Å². The van der Waals surface area contributed by atoms with Crippen molar-refractivity contribution in [1.29, 1.82) is 0 Å². The Bertz CT molecular complexity index is 1080. The van der Waals surface area contributed by atoms with Crippen molar-refractivity contribution in [3.8, 4) is 11.5 Å². The number of nitrogens with zero attached hydrogens (tertiary/aromatic N) is 4. The van der Waals surface area contributed by atoms with Gasteiger partial charge in [-0.1, -0.05) is 24.3 Å². The molecule has 0 unspecified atom stereocenters. The molecule has 8 nitrogen and oxygen atoms in total. The first kappa shape index (κ1) is 29.2. The van der Waals surface area contributed by atoms with Crippen LogP contribution in [0.5, 0.6) is 11.5 Å². The fraction of sp³-hybridized carbons (Fsp3) is 0.433. The fourth-order valence-electron chi connectivity index (χ4n) is 4.33. The minimum atomic E-state index is 0.607. The van der Waals surface area contributed by atoms with Gasteiger partial charge in [0.2, 0.25) is 0 Å². The monoisotopic (exact) mass is 520 g/mol. The van der Waals surface area contributed by atoms with Gasteiger partial charge in [0.05, 0.1) is 12.3 Å². The molecule has 1 aliphatic heterocycles. The molecule has 38 heavy (non-hydrogen) atoms. The van der Waals surface area contributed by atoms with E-state index in [9.17, 15) is 0 Å². The highest BCUT2D eigenvalue weighted by molar-refractivity contribution is 6.08. The lowest BCUT2D eigenvalue weighted by Gasteiger charge is -2.32. The minimum Gasteiger partial charge on any atom is -0.493 e. The molecule has 0 bridgehead atoms. The molecule has 2 aromatic carbocycles. The van der Waals surface area contributed by atoms with Gasteiger partial charge < -0.3 is 25.8 Å². The number of allylic oxidation sites excluding steroid dienone is 1. The quantitative estimate of drug-likeness (QED) is 0.171. The average molecular weight is 521 g/mol. The summed E-state index contributed by atoms with van der Waals surface area (Å²) in [6.45, 7) is 8.26. The van der Waals surface area contributed by atoms with E-state index >= 15 is 0 Å². The van der Waals surface area contributed by atoms with Crippen LogP contribution in [-0.4, -0.2) is 94.0 Å². The van der Waals surface area contributed by atoms with E-state index < -0.39 is 0 Å². The third-order valence-corrected chi connectivity index (χ3v) is 6.55. The fourth-order valence-corrected chi connectivity index (χ4v) is 4.33. The van der Waals surface area contributed by atoms with E-state index in [1.807, 2.05) is 42.5 Å². The zero-order valence-corrected chi connectivity index (χ0v) is 23.2. The molecule has 206 valence electrons. The third kappa shape index (κ3) is 9.85. The van der Waals surface area contributed by atoms with Gasteiger partial charge in [0, 0.05) is 69.7 Å². The van der Waals surface area contributed by atoms with Crippen LogP contribution in [-0.2, 0) is 6.54 Å². The molecule has 0 atom stereocenters. The summed E-state index contributed by atoms with van der Waals surface area (Å²) in [5.41, 5.74) is 15.3. The first-order valence-corrected chi connectivity index (χ1v) is 13.3. The summed E-state index contributed by atoms with van der Waals surface area (Å²) >= 11 is 0. The van der Waals surface area contributed by atoms with E-state index in [1.165, 1.54) is 6.20 Å². The third-order valence-electron chi connectivity index (χ3n) is 6.55. The maximum absolute atomic E-state index is 6.18. The molecule has 0 radical (unpaired) electrons. The van der Waals surface area contributed by atoms with E-state index in [1.54, 1.807) is 13.1 Å². The minimum absolute atomic E-state index is 0.607. The molecule has 0 saturated carbocycles. The van der Waals surface area contributed by atoms with Crippen LogP contribution >= 0.6 is 0 Å². The first-order chi connectivity index (χ1) is 18.5.